The molecular weight excluding hydrogens is 401 g/mol. The zero-order valence-corrected chi connectivity index (χ0v) is 15.5. The Kier molecular flexibility index (Phi) is 11.2. The molecule has 0 saturated heterocycles. The van der Waals surface area contributed by atoms with Gasteiger partial charge in [0.1, 0.15) is 11.9 Å². The van der Waals surface area contributed by atoms with Crippen LogP contribution >= 0.6 is 35.6 Å². The first kappa shape index (κ1) is 20.1. The zero-order valence-electron chi connectivity index (χ0n) is 12.4. The first-order valence-corrected chi connectivity index (χ1v) is 7.05. The van der Waals surface area contributed by atoms with Gasteiger partial charge in [0.15, 0.2) is 5.96 Å². The molecule has 0 aromatic heterocycles. The highest BCUT2D eigenvalue weighted by atomic mass is 127. The number of guanidine groups is 1. The molecule has 1 aromatic rings. The molecule has 1 rings (SSSR count). The van der Waals surface area contributed by atoms with Gasteiger partial charge in [-0.1, -0.05) is 36.7 Å². The van der Waals surface area contributed by atoms with E-state index in [0.717, 1.165) is 12.4 Å². The summed E-state index contributed by atoms with van der Waals surface area (Å²) in [6.07, 6.45) is 2.68. The van der Waals surface area contributed by atoms with E-state index in [1.54, 1.807) is 13.1 Å². The lowest BCUT2D eigenvalue weighted by molar-refractivity contribution is 0.199. The van der Waals surface area contributed by atoms with Crippen LogP contribution in [-0.2, 0) is 0 Å². The van der Waals surface area contributed by atoms with Crippen molar-refractivity contribution in [3.63, 3.8) is 0 Å². The fourth-order valence-corrected chi connectivity index (χ4v) is 1.77. The Morgan fingerprint density at radius 2 is 2.14 bits per heavy atom. The van der Waals surface area contributed by atoms with Crippen molar-refractivity contribution >= 4 is 41.5 Å². The molecule has 1 unspecified atom stereocenters. The second-order valence-corrected chi connectivity index (χ2v) is 4.61. The van der Waals surface area contributed by atoms with Crippen LogP contribution in [0.3, 0.4) is 0 Å². The third-order valence-electron chi connectivity index (χ3n) is 2.72. The highest BCUT2D eigenvalue weighted by Gasteiger charge is 2.10. The summed E-state index contributed by atoms with van der Waals surface area (Å²) < 4.78 is 5.90. The summed E-state index contributed by atoms with van der Waals surface area (Å²) >= 11 is 6.09. The monoisotopic (exact) mass is 423 g/mol. The minimum atomic E-state index is 0. The fraction of sp³-hybridized carbons (Fsp3) is 0.400. The Labute approximate surface area is 149 Å². The molecular formula is C15H23ClIN3O. The van der Waals surface area contributed by atoms with Gasteiger partial charge in [0.25, 0.3) is 0 Å². The number of ether oxygens (including phenoxy) is 1. The van der Waals surface area contributed by atoms with Crippen molar-refractivity contribution in [3.8, 4) is 5.75 Å². The highest BCUT2D eigenvalue weighted by molar-refractivity contribution is 14.0. The first-order valence-electron chi connectivity index (χ1n) is 6.67. The Hall–Kier alpha value is -0.950. The highest BCUT2D eigenvalue weighted by Crippen LogP contribution is 2.24. The largest absolute Gasteiger partial charge is 0.487 e. The summed E-state index contributed by atoms with van der Waals surface area (Å²) in [5, 5.41) is 6.96. The molecule has 118 valence electrons. The lowest BCUT2D eigenvalue weighted by Gasteiger charge is -2.20. The van der Waals surface area contributed by atoms with Gasteiger partial charge < -0.3 is 15.4 Å². The summed E-state index contributed by atoms with van der Waals surface area (Å²) in [4.78, 5) is 4.12. The number of rotatable bonds is 7. The molecule has 0 radical (unpaired) electrons. The lowest BCUT2D eigenvalue weighted by atomic mass is 10.2. The maximum atomic E-state index is 6.09. The van der Waals surface area contributed by atoms with Gasteiger partial charge in [-0.2, -0.15) is 0 Å². The summed E-state index contributed by atoms with van der Waals surface area (Å²) in [7, 11) is 1.73. The van der Waals surface area contributed by atoms with Crippen LogP contribution in [0.4, 0.5) is 0 Å². The van der Waals surface area contributed by atoms with Gasteiger partial charge in [-0.25, -0.2) is 0 Å². The number of benzene rings is 1. The van der Waals surface area contributed by atoms with Crippen molar-refractivity contribution in [1.82, 2.24) is 10.6 Å². The second kappa shape index (κ2) is 11.7. The van der Waals surface area contributed by atoms with E-state index in [4.69, 9.17) is 16.3 Å². The molecule has 0 aliphatic carbocycles. The van der Waals surface area contributed by atoms with Gasteiger partial charge in [0.2, 0.25) is 0 Å². The number of hydrogen-bond donors (Lipinski definition) is 2. The van der Waals surface area contributed by atoms with E-state index >= 15 is 0 Å². The van der Waals surface area contributed by atoms with Crippen molar-refractivity contribution in [1.29, 1.82) is 0 Å². The van der Waals surface area contributed by atoms with Gasteiger partial charge in [-0.3, -0.25) is 4.99 Å². The molecule has 1 aromatic carbocycles. The number of aliphatic imine (C=N–C) groups is 1. The molecule has 0 aliphatic heterocycles. The van der Waals surface area contributed by atoms with Crippen LogP contribution in [0.2, 0.25) is 5.02 Å². The molecule has 2 N–H and O–H groups in total. The van der Waals surface area contributed by atoms with E-state index in [2.05, 4.69) is 29.1 Å². The van der Waals surface area contributed by atoms with Crippen molar-refractivity contribution in [3.05, 3.63) is 41.9 Å². The number of para-hydroxylation sites is 1. The predicted molar refractivity (Wildman–Crippen MR) is 101 cm³/mol. The third-order valence-corrected chi connectivity index (χ3v) is 3.03. The van der Waals surface area contributed by atoms with Gasteiger partial charge in [0, 0.05) is 13.6 Å². The van der Waals surface area contributed by atoms with Gasteiger partial charge in [-0.15, -0.1) is 30.6 Å². The molecule has 4 nitrogen and oxygen atoms in total. The second-order valence-electron chi connectivity index (χ2n) is 4.20. The van der Waals surface area contributed by atoms with Crippen molar-refractivity contribution < 1.29 is 4.74 Å². The fourth-order valence-electron chi connectivity index (χ4n) is 1.59. The number of nitrogens with one attached hydrogen (secondary N) is 2. The molecule has 0 saturated carbocycles. The Balaban J connectivity index is 0.00000400. The van der Waals surface area contributed by atoms with Crippen LogP contribution < -0.4 is 15.4 Å². The minimum absolute atomic E-state index is 0. The van der Waals surface area contributed by atoms with Crippen LogP contribution in [-0.4, -0.2) is 32.2 Å². The average molecular weight is 424 g/mol. The van der Waals surface area contributed by atoms with Crippen LogP contribution in [0.1, 0.15) is 13.3 Å². The van der Waals surface area contributed by atoms with E-state index in [1.807, 2.05) is 24.3 Å². The molecule has 6 heteroatoms. The predicted octanol–water partition coefficient (Wildman–Crippen LogP) is 3.47. The molecule has 21 heavy (non-hydrogen) atoms. The van der Waals surface area contributed by atoms with E-state index in [9.17, 15) is 0 Å². The van der Waals surface area contributed by atoms with E-state index in [0.29, 0.717) is 23.9 Å². The lowest BCUT2D eigenvalue weighted by Crippen LogP contribution is -2.42. The molecule has 0 heterocycles. The number of halogens is 2. The van der Waals surface area contributed by atoms with Crippen molar-refractivity contribution in [2.75, 3.05) is 20.1 Å². The Morgan fingerprint density at radius 1 is 1.43 bits per heavy atom. The van der Waals surface area contributed by atoms with Crippen molar-refractivity contribution in [2.24, 2.45) is 4.99 Å². The topological polar surface area (TPSA) is 45.7 Å². The standard InChI is InChI=1S/C15H22ClN3O.HI/c1-4-10-18-15(17-3)19-11-12(5-2)20-14-9-7-6-8-13(14)16;/h4,6-9,12H,1,5,10-11H2,2-3H3,(H2,17,18,19);1H. The van der Waals surface area contributed by atoms with E-state index < -0.39 is 0 Å². The van der Waals surface area contributed by atoms with Crippen LogP contribution in [0.15, 0.2) is 41.9 Å². The van der Waals surface area contributed by atoms with Crippen LogP contribution in [0.5, 0.6) is 5.75 Å². The van der Waals surface area contributed by atoms with E-state index in [1.165, 1.54) is 0 Å². The summed E-state index contributed by atoms with van der Waals surface area (Å²) in [6.45, 7) is 7.05. The first-order chi connectivity index (χ1) is 9.71. The molecule has 1 atom stereocenters. The van der Waals surface area contributed by atoms with Crippen LogP contribution in [0, 0.1) is 0 Å². The zero-order chi connectivity index (χ0) is 14.8. The summed E-state index contributed by atoms with van der Waals surface area (Å²) in [5.41, 5.74) is 0. The quantitative estimate of drug-likeness (QED) is 0.305. The Bertz CT molecular complexity index is 454. The average Bonchev–Trinajstić information content (AvgIpc) is 2.48. The summed E-state index contributed by atoms with van der Waals surface area (Å²) in [6, 6.07) is 7.48. The van der Waals surface area contributed by atoms with E-state index in [-0.39, 0.29) is 30.1 Å². The normalized spacial score (nSPS) is 12.0. The maximum absolute atomic E-state index is 6.09. The van der Waals surface area contributed by atoms with Crippen LogP contribution in [0.25, 0.3) is 0 Å². The van der Waals surface area contributed by atoms with Gasteiger partial charge in [0.05, 0.1) is 11.6 Å². The Morgan fingerprint density at radius 3 is 2.71 bits per heavy atom. The molecule has 0 aliphatic rings. The molecule has 0 amide bonds. The van der Waals surface area contributed by atoms with Crippen molar-refractivity contribution in [2.45, 2.75) is 19.4 Å². The minimum Gasteiger partial charge on any atom is -0.487 e. The third kappa shape index (κ3) is 7.57. The van der Waals surface area contributed by atoms with Gasteiger partial charge in [-0.05, 0) is 18.6 Å². The smallest absolute Gasteiger partial charge is 0.191 e. The number of hydrogen-bond acceptors (Lipinski definition) is 2. The van der Waals surface area contributed by atoms with Gasteiger partial charge >= 0.3 is 0 Å². The number of nitrogens with zero attached hydrogens (tertiary/aromatic N) is 1. The SMILES string of the molecule is C=CCNC(=NC)NCC(CC)Oc1ccccc1Cl.I. The summed E-state index contributed by atoms with van der Waals surface area (Å²) in [5.74, 6) is 1.43. The maximum Gasteiger partial charge on any atom is 0.191 e. The molecule has 0 spiro atoms. The molecule has 0 bridgehead atoms. The molecule has 0 fully saturated rings.